The first-order valence-corrected chi connectivity index (χ1v) is 7.77. The van der Waals surface area contributed by atoms with Gasteiger partial charge in [0.2, 0.25) is 0 Å². The number of likely N-dealkylation sites (tertiary alicyclic amines) is 1. The zero-order chi connectivity index (χ0) is 17.1. The van der Waals surface area contributed by atoms with Crippen molar-refractivity contribution < 1.29 is 9.18 Å². The van der Waals surface area contributed by atoms with Crippen molar-refractivity contribution in [2.24, 2.45) is 13.0 Å². The fourth-order valence-electron chi connectivity index (χ4n) is 2.73. The lowest BCUT2D eigenvalue weighted by Gasteiger charge is -2.33. The highest BCUT2D eigenvalue weighted by atomic mass is 19.1. The molecule has 1 atom stereocenters. The van der Waals surface area contributed by atoms with Crippen LogP contribution in [0.3, 0.4) is 0 Å². The molecule has 1 aliphatic rings. The third kappa shape index (κ3) is 3.58. The van der Waals surface area contributed by atoms with Gasteiger partial charge in [-0.3, -0.25) is 5.32 Å². The van der Waals surface area contributed by atoms with Gasteiger partial charge in [0.15, 0.2) is 0 Å². The van der Waals surface area contributed by atoms with Crippen LogP contribution in [-0.4, -0.2) is 44.2 Å². The zero-order valence-electron chi connectivity index (χ0n) is 13.6. The van der Waals surface area contributed by atoms with E-state index in [4.69, 9.17) is 0 Å². The van der Waals surface area contributed by atoms with E-state index >= 15 is 0 Å². The number of halogens is 1. The Kier molecular flexibility index (Phi) is 4.54. The highest BCUT2D eigenvalue weighted by Crippen LogP contribution is 2.25. The van der Waals surface area contributed by atoms with Gasteiger partial charge in [-0.2, -0.15) is 0 Å². The molecule has 24 heavy (non-hydrogen) atoms. The minimum Gasteiger partial charge on any atom is -0.324 e. The van der Waals surface area contributed by atoms with Gasteiger partial charge in [0.25, 0.3) is 5.95 Å². The van der Waals surface area contributed by atoms with Crippen LogP contribution in [0.4, 0.5) is 15.1 Å². The Balaban J connectivity index is 1.63. The van der Waals surface area contributed by atoms with Crippen LogP contribution < -0.4 is 5.32 Å². The van der Waals surface area contributed by atoms with E-state index in [1.165, 1.54) is 22.4 Å². The summed E-state index contributed by atoms with van der Waals surface area (Å²) in [5, 5.41) is 13.6. The normalized spacial score (nSPS) is 19.5. The molecule has 1 aromatic carbocycles. The van der Waals surface area contributed by atoms with Crippen LogP contribution >= 0.6 is 0 Å². The summed E-state index contributed by atoms with van der Waals surface area (Å²) >= 11 is 0. The van der Waals surface area contributed by atoms with Crippen molar-refractivity contribution in [2.75, 3.05) is 18.4 Å². The predicted octanol–water partition coefficient (Wildman–Crippen LogP) is 2.31. The largest absolute Gasteiger partial charge is 0.324 e. The summed E-state index contributed by atoms with van der Waals surface area (Å²) in [4.78, 5) is 14.1. The number of hydrogen-bond acceptors (Lipinski definition) is 4. The fraction of sp³-hybridized carbons (Fsp3) is 0.375. The van der Waals surface area contributed by atoms with Gasteiger partial charge in [-0.25, -0.2) is 13.9 Å². The Morgan fingerprint density at radius 3 is 2.75 bits per heavy atom. The lowest BCUT2D eigenvalue weighted by atomic mass is 9.91. The Labute approximate surface area is 139 Å². The number of piperidine rings is 1. The van der Waals surface area contributed by atoms with E-state index < -0.39 is 0 Å². The average Bonchev–Trinajstić information content (AvgIpc) is 2.96. The molecule has 2 aromatic rings. The monoisotopic (exact) mass is 330 g/mol. The van der Waals surface area contributed by atoms with Gasteiger partial charge in [0.1, 0.15) is 5.82 Å². The van der Waals surface area contributed by atoms with Crippen molar-refractivity contribution >= 4 is 18.1 Å². The molecule has 0 bridgehead atoms. The van der Waals surface area contributed by atoms with Crippen LogP contribution in [0.5, 0.6) is 0 Å². The maximum atomic E-state index is 13.0. The number of aryl methyl sites for hydroxylation is 1. The SMILES string of the molecule is CC1CN(C(=O)Nc2nnnn2C)CC/C1=C\c1ccc(F)cc1. The molecule has 1 unspecified atom stereocenters. The third-order valence-electron chi connectivity index (χ3n) is 4.15. The predicted molar refractivity (Wildman–Crippen MR) is 87.5 cm³/mol. The maximum absolute atomic E-state index is 13.0. The summed E-state index contributed by atoms with van der Waals surface area (Å²) in [5.41, 5.74) is 2.23. The van der Waals surface area contributed by atoms with E-state index in [0.717, 1.165) is 12.0 Å². The van der Waals surface area contributed by atoms with Crippen molar-refractivity contribution in [3.63, 3.8) is 0 Å². The molecular weight excluding hydrogens is 311 g/mol. The lowest BCUT2D eigenvalue weighted by Crippen LogP contribution is -2.42. The first-order chi connectivity index (χ1) is 11.5. The molecule has 0 spiro atoms. The third-order valence-corrected chi connectivity index (χ3v) is 4.15. The fourth-order valence-corrected chi connectivity index (χ4v) is 2.73. The Morgan fingerprint density at radius 2 is 2.12 bits per heavy atom. The molecule has 0 radical (unpaired) electrons. The highest BCUT2D eigenvalue weighted by molar-refractivity contribution is 5.87. The number of nitrogens with zero attached hydrogens (tertiary/aromatic N) is 5. The number of hydrogen-bond donors (Lipinski definition) is 1. The number of carbonyl (C=O) groups excluding carboxylic acids is 1. The molecule has 1 aromatic heterocycles. The van der Waals surface area contributed by atoms with Crippen molar-refractivity contribution in [3.8, 4) is 0 Å². The topological polar surface area (TPSA) is 75.9 Å². The van der Waals surface area contributed by atoms with Gasteiger partial charge >= 0.3 is 6.03 Å². The molecule has 7 nitrogen and oxygen atoms in total. The Hall–Kier alpha value is -2.77. The number of amides is 2. The summed E-state index contributed by atoms with van der Waals surface area (Å²) in [6.07, 6.45) is 2.86. The molecule has 2 heterocycles. The van der Waals surface area contributed by atoms with Crippen LogP contribution in [0.15, 0.2) is 29.8 Å². The van der Waals surface area contributed by atoms with Crippen molar-refractivity contribution in [1.29, 1.82) is 0 Å². The smallest absolute Gasteiger partial charge is 0.324 e. The zero-order valence-corrected chi connectivity index (χ0v) is 13.6. The van der Waals surface area contributed by atoms with Gasteiger partial charge < -0.3 is 4.90 Å². The second-order valence-electron chi connectivity index (χ2n) is 5.92. The first-order valence-electron chi connectivity index (χ1n) is 7.77. The molecule has 126 valence electrons. The quantitative estimate of drug-likeness (QED) is 0.917. The summed E-state index contributed by atoms with van der Waals surface area (Å²) in [6, 6.07) is 6.22. The first kappa shape index (κ1) is 16.1. The number of rotatable bonds is 2. The van der Waals surface area contributed by atoms with Crippen LogP contribution in [0.2, 0.25) is 0 Å². The minimum absolute atomic E-state index is 0.208. The second kappa shape index (κ2) is 6.77. The summed E-state index contributed by atoms with van der Waals surface area (Å²) < 4.78 is 14.4. The molecule has 1 N–H and O–H groups in total. The number of tetrazole rings is 1. The number of urea groups is 1. The van der Waals surface area contributed by atoms with Gasteiger partial charge in [-0.15, -0.1) is 0 Å². The van der Waals surface area contributed by atoms with E-state index in [9.17, 15) is 9.18 Å². The average molecular weight is 330 g/mol. The van der Waals surface area contributed by atoms with Crippen LogP contribution in [-0.2, 0) is 7.05 Å². The van der Waals surface area contributed by atoms with Gasteiger partial charge in [-0.1, -0.05) is 35.8 Å². The molecule has 0 saturated carbocycles. The van der Waals surface area contributed by atoms with E-state index in [2.05, 4.69) is 33.8 Å². The molecule has 1 saturated heterocycles. The van der Waals surface area contributed by atoms with Gasteiger partial charge in [-0.05, 0) is 40.5 Å². The van der Waals surface area contributed by atoms with E-state index in [0.29, 0.717) is 19.0 Å². The number of benzene rings is 1. The molecule has 1 fully saturated rings. The second-order valence-corrected chi connectivity index (χ2v) is 5.92. The van der Waals surface area contributed by atoms with Crippen LogP contribution in [0.25, 0.3) is 6.08 Å². The number of aromatic nitrogens is 4. The maximum Gasteiger partial charge on any atom is 0.324 e. The van der Waals surface area contributed by atoms with Crippen molar-refractivity contribution in [3.05, 3.63) is 41.2 Å². The highest BCUT2D eigenvalue weighted by Gasteiger charge is 2.25. The van der Waals surface area contributed by atoms with E-state index in [-0.39, 0.29) is 17.8 Å². The summed E-state index contributed by atoms with van der Waals surface area (Å²) in [5.74, 6) is 0.308. The molecular formula is C16H19FN6O. The number of nitrogens with one attached hydrogen (secondary N) is 1. The molecule has 1 aliphatic heterocycles. The standard InChI is InChI=1S/C16H19FN6O/c1-11-10-23(16(24)18-15-19-20-21-22(15)2)8-7-13(11)9-12-3-5-14(17)6-4-12/h3-6,9,11H,7-8,10H2,1-2H3,(H,18,19,21,24)/b13-9+. The van der Waals surface area contributed by atoms with Gasteiger partial charge in [0, 0.05) is 20.1 Å². The number of anilines is 1. The van der Waals surface area contributed by atoms with E-state index in [1.54, 1.807) is 24.1 Å². The lowest BCUT2D eigenvalue weighted by molar-refractivity contribution is 0.197. The Bertz CT molecular complexity index is 754. The van der Waals surface area contributed by atoms with E-state index in [1.807, 2.05) is 0 Å². The summed E-state index contributed by atoms with van der Waals surface area (Å²) in [6.45, 7) is 3.32. The molecule has 8 heteroatoms. The number of carbonyl (C=O) groups is 1. The Morgan fingerprint density at radius 1 is 1.38 bits per heavy atom. The van der Waals surface area contributed by atoms with Gasteiger partial charge in [0.05, 0.1) is 0 Å². The minimum atomic E-state index is -0.241. The van der Waals surface area contributed by atoms with Crippen molar-refractivity contribution in [2.45, 2.75) is 13.3 Å². The van der Waals surface area contributed by atoms with Crippen molar-refractivity contribution in [1.82, 2.24) is 25.1 Å². The molecule has 0 aliphatic carbocycles. The molecule has 2 amide bonds. The van der Waals surface area contributed by atoms with Crippen LogP contribution in [0, 0.1) is 11.7 Å². The summed E-state index contributed by atoms with van der Waals surface area (Å²) in [7, 11) is 1.66. The molecule has 3 rings (SSSR count). The van der Waals surface area contributed by atoms with Crippen LogP contribution in [0.1, 0.15) is 18.9 Å².